The van der Waals surface area contributed by atoms with E-state index in [4.69, 9.17) is 9.72 Å². The maximum atomic E-state index is 12.3. The molecule has 0 radical (unpaired) electrons. The molecule has 1 aliphatic rings. The maximum absolute atomic E-state index is 12.3. The standard InChI is InChI=1S/C19H19N5O2/c25-18(13-26-19-9-5-10-20-23-19)22-15-7-2-1-6-14(15)16-12-24-11-4-3-8-17(24)21-16/h1-2,5-7,9-10,12H,3-4,8,11,13H2,(H,22,25). The second-order valence-electron chi connectivity index (χ2n) is 6.14. The molecule has 1 N–H and O–H groups in total. The summed E-state index contributed by atoms with van der Waals surface area (Å²) >= 11 is 0. The molecule has 26 heavy (non-hydrogen) atoms. The van der Waals surface area contributed by atoms with E-state index < -0.39 is 0 Å². The number of aromatic nitrogens is 4. The minimum absolute atomic E-state index is 0.132. The van der Waals surface area contributed by atoms with Crippen molar-refractivity contribution in [3.8, 4) is 17.1 Å². The fraction of sp³-hybridized carbons (Fsp3) is 0.263. The summed E-state index contributed by atoms with van der Waals surface area (Å²) in [4.78, 5) is 17.0. The number of anilines is 1. The van der Waals surface area contributed by atoms with Gasteiger partial charge < -0.3 is 14.6 Å². The van der Waals surface area contributed by atoms with E-state index in [1.54, 1.807) is 18.3 Å². The van der Waals surface area contributed by atoms with Crippen LogP contribution in [0.15, 0.2) is 48.8 Å². The topological polar surface area (TPSA) is 81.9 Å². The van der Waals surface area contributed by atoms with E-state index in [0.29, 0.717) is 5.88 Å². The van der Waals surface area contributed by atoms with Gasteiger partial charge in [-0.1, -0.05) is 18.2 Å². The third-order valence-corrected chi connectivity index (χ3v) is 4.28. The van der Waals surface area contributed by atoms with Crippen LogP contribution in [0.1, 0.15) is 18.7 Å². The van der Waals surface area contributed by atoms with Crippen molar-refractivity contribution in [3.05, 3.63) is 54.6 Å². The van der Waals surface area contributed by atoms with Crippen molar-refractivity contribution in [3.63, 3.8) is 0 Å². The molecule has 0 bridgehead atoms. The first-order valence-corrected chi connectivity index (χ1v) is 8.65. The van der Waals surface area contributed by atoms with E-state index in [1.807, 2.05) is 24.3 Å². The van der Waals surface area contributed by atoms with Gasteiger partial charge in [0.1, 0.15) is 5.82 Å². The number of hydrogen-bond acceptors (Lipinski definition) is 5. The third-order valence-electron chi connectivity index (χ3n) is 4.28. The zero-order valence-corrected chi connectivity index (χ0v) is 14.3. The van der Waals surface area contributed by atoms with Gasteiger partial charge in [0.05, 0.1) is 11.4 Å². The van der Waals surface area contributed by atoms with Gasteiger partial charge in [-0.2, -0.15) is 5.10 Å². The molecule has 0 unspecified atom stereocenters. The molecule has 0 spiro atoms. The van der Waals surface area contributed by atoms with Crippen molar-refractivity contribution in [1.82, 2.24) is 19.7 Å². The normalized spacial score (nSPS) is 13.1. The summed E-state index contributed by atoms with van der Waals surface area (Å²) in [6, 6.07) is 11.0. The molecule has 0 saturated heterocycles. The van der Waals surface area contributed by atoms with Crippen molar-refractivity contribution in [1.29, 1.82) is 0 Å². The SMILES string of the molecule is O=C(COc1cccnn1)Nc1ccccc1-c1cn2c(n1)CCCC2. The third kappa shape index (κ3) is 3.56. The Balaban J connectivity index is 1.49. The quantitative estimate of drug-likeness (QED) is 0.766. The smallest absolute Gasteiger partial charge is 0.262 e. The van der Waals surface area contributed by atoms with Crippen LogP contribution in [0.4, 0.5) is 5.69 Å². The van der Waals surface area contributed by atoms with Crippen LogP contribution >= 0.6 is 0 Å². The van der Waals surface area contributed by atoms with Crippen molar-refractivity contribution in [2.24, 2.45) is 0 Å². The van der Waals surface area contributed by atoms with E-state index in [2.05, 4.69) is 26.3 Å². The van der Waals surface area contributed by atoms with Crippen LogP contribution < -0.4 is 10.1 Å². The van der Waals surface area contributed by atoms with Crippen LogP contribution in [0.5, 0.6) is 5.88 Å². The zero-order chi connectivity index (χ0) is 17.8. The molecule has 7 heteroatoms. The first-order valence-electron chi connectivity index (χ1n) is 8.65. The van der Waals surface area contributed by atoms with Crippen molar-refractivity contribution in [2.75, 3.05) is 11.9 Å². The maximum Gasteiger partial charge on any atom is 0.262 e. The number of aryl methyl sites for hydroxylation is 2. The molecule has 1 aliphatic heterocycles. The molecule has 2 aromatic heterocycles. The molecule has 3 heterocycles. The number of ether oxygens (including phenoxy) is 1. The first-order chi connectivity index (χ1) is 12.8. The molecule has 0 atom stereocenters. The number of para-hydroxylation sites is 1. The van der Waals surface area contributed by atoms with Gasteiger partial charge in [0.15, 0.2) is 6.61 Å². The Morgan fingerprint density at radius 2 is 2.12 bits per heavy atom. The Morgan fingerprint density at radius 3 is 2.96 bits per heavy atom. The van der Waals surface area contributed by atoms with Crippen LogP contribution in [0.3, 0.4) is 0 Å². The predicted octanol–water partition coefficient (Wildman–Crippen LogP) is 2.69. The monoisotopic (exact) mass is 349 g/mol. The summed E-state index contributed by atoms with van der Waals surface area (Å²) in [5, 5.41) is 10.4. The van der Waals surface area contributed by atoms with Gasteiger partial charge in [-0.15, -0.1) is 5.10 Å². The van der Waals surface area contributed by atoms with Crippen molar-refractivity contribution in [2.45, 2.75) is 25.8 Å². The summed E-state index contributed by atoms with van der Waals surface area (Å²) in [6.07, 6.45) is 6.97. The fourth-order valence-electron chi connectivity index (χ4n) is 3.05. The van der Waals surface area contributed by atoms with Gasteiger partial charge in [-0.3, -0.25) is 4.79 Å². The van der Waals surface area contributed by atoms with Gasteiger partial charge in [0.2, 0.25) is 5.88 Å². The number of nitrogens with one attached hydrogen (secondary N) is 1. The number of carbonyl (C=O) groups excluding carboxylic acids is 1. The van der Waals surface area contributed by atoms with Crippen LogP contribution in [-0.2, 0) is 17.8 Å². The molecule has 4 rings (SSSR count). The highest BCUT2D eigenvalue weighted by Gasteiger charge is 2.16. The van der Waals surface area contributed by atoms with E-state index in [0.717, 1.165) is 35.7 Å². The van der Waals surface area contributed by atoms with Gasteiger partial charge in [-0.05, 0) is 25.0 Å². The van der Waals surface area contributed by atoms with Crippen LogP contribution in [0, 0.1) is 0 Å². The Kier molecular flexibility index (Phi) is 4.59. The molecular formula is C19H19N5O2. The Bertz CT molecular complexity index is 884. The Hall–Kier alpha value is -3.22. The average molecular weight is 349 g/mol. The van der Waals surface area contributed by atoms with Gasteiger partial charge in [0.25, 0.3) is 5.91 Å². The summed E-state index contributed by atoms with van der Waals surface area (Å²) in [5.74, 6) is 1.17. The molecule has 3 aromatic rings. The lowest BCUT2D eigenvalue weighted by atomic mass is 10.1. The number of amides is 1. The number of fused-ring (bicyclic) bond motifs is 1. The molecular weight excluding hydrogens is 330 g/mol. The Morgan fingerprint density at radius 1 is 1.19 bits per heavy atom. The van der Waals surface area contributed by atoms with Gasteiger partial charge in [0, 0.05) is 37.0 Å². The number of nitrogens with zero attached hydrogens (tertiary/aromatic N) is 4. The first kappa shape index (κ1) is 16.3. The van der Waals surface area contributed by atoms with Crippen molar-refractivity contribution < 1.29 is 9.53 Å². The molecule has 0 aliphatic carbocycles. The number of benzene rings is 1. The molecule has 0 saturated carbocycles. The van der Waals surface area contributed by atoms with Crippen LogP contribution in [-0.4, -0.2) is 32.3 Å². The van der Waals surface area contributed by atoms with Gasteiger partial charge in [-0.25, -0.2) is 4.98 Å². The minimum Gasteiger partial charge on any atom is -0.466 e. The lowest BCUT2D eigenvalue weighted by Gasteiger charge is -2.11. The highest BCUT2D eigenvalue weighted by atomic mass is 16.5. The summed E-state index contributed by atoms with van der Waals surface area (Å²) in [5.41, 5.74) is 2.51. The average Bonchev–Trinajstić information content (AvgIpc) is 3.12. The number of imidazole rings is 1. The lowest BCUT2D eigenvalue weighted by molar-refractivity contribution is -0.118. The number of carbonyl (C=O) groups is 1. The van der Waals surface area contributed by atoms with E-state index in [9.17, 15) is 4.79 Å². The van der Waals surface area contributed by atoms with E-state index in [-0.39, 0.29) is 12.5 Å². The Labute approximate surface area is 151 Å². The highest BCUT2D eigenvalue weighted by molar-refractivity contribution is 5.95. The molecule has 0 fully saturated rings. The number of hydrogen-bond donors (Lipinski definition) is 1. The molecule has 7 nitrogen and oxygen atoms in total. The van der Waals surface area contributed by atoms with Gasteiger partial charge >= 0.3 is 0 Å². The molecule has 1 aromatic carbocycles. The minimum atomic E-state index is -0.257. The summed E-state index contributed by atoms with van der Waals surface area (Å²) < 4.78 is 7.55. The van der Waals surface area contributed by atoms with Crippen LogP contribution in [0.2, 0.25) is 0 Å². The van der Waals surface area contributed by atoms with E-state index in [1.165, 1.54) is 12.8 Å². The zero-order valence-electron chi connectivity index (χ0n) is 14.3. The van der Waals surface area contributed by atoms with Crippen molar-refractivity contribution >= 4 is 11.6 Å². The van der Waals surface area contributed by atoms with E-state index >= 15 is 0 Å². The lowest BCUT2D eigenvalue weighted by Crippen LogP contribution is -2.20. The molecule has 1 amide bonds. The predicted molar refractivity (Wildman–Crippen MR) is 96.8 cm³/mol. The largest absolute Gasteiger partial charge is 0.466 e. The van der Waals surface area contributed by atoms with Crippen LogP contribution in [0.25, 0.3) is 11.3 Å². The summed E-state index contributed by atoms with van der Waals surface area (Å²) in [7, 11) is 0. The molecule has 132 valence electrons. The second-order valence-corrected chi connectivity index (χ2v) is 6.14. The summed E-state index contributed by atoms with van der Waals surface area (Å²) in [6.45, 7) is 0.871. The number of rotatable bonds is 5. The fourth-order valence-corrected chi connectivity index (χ4v) is 3.05. The second kappa shape index (κ2) is 7.35. The highest BCUT2D eigenvalue weighted by Crippen LogP contribution is 2.28.